The van der Waals surface area contributed by atoms with E-state index < -0.39 is 11.2 Å². The van der Waals surface area contributed by atoms with Crippen LogP contribution in [-0.2, 0) is 18.4 Å². The summed E-state index contributed by atoms with van der Waals surface area (Å²) >= 11 is 1.20. The maximum Gasteiger partial charge on any atom is 0.330 e. The van der Waals surface area contributed by atoms with Gasteiger partial charge in [0.05, 0.1) is 12.3 Å². The van der Waals surface area contributed by atoms with E-state index in [0.29, 0.717) is 11.0 Å². The molecule has 10 nitrogen and oxygen atoms in total. The molecule has 2 heterocycles. The Morgan fingerprint density at radius 1 is 1.09 bits per heavy atom. The third-order valence-electron chi connectivity index (χ3n) is 5.65. The summed E-state index contributed by atoms with van der Waals surface area (Å²) in [6, 6.07) is 17.1. The van der Waals surface area contributed by atoms with Crippen molar-refractivity contribution in [2.24, 2.45) is 7.05 Å². The molecule has 2 aromatic heterocycles. The van der Waals surface area contributed by atoms with Gasteiger partial charge in [-0.2, -0.15) is 0 Å². The van der Waals surface area contributed by atoms with E-state index in [-0.39, 0.29) is 29.7 Å². The van der Waals surface area contributed by atoms with Gasteiger partial charge >= 0.3 is 5.69 Å². The third kappa shape index (κ3) is 4.90. The second kappa shape index (κ2) is 10.0. The molecule has 0 bridgehead atoms. The van der Waals surface area contributed by atoms with Gasteiger partial charge in [-0.3, -0.25) is 19.1 Å². The van der Waals surface area contributed by atoms with Crippen LogP contribution in [0.2, 0.25) is 0 Å². The van der Waals surface area contributed by atoms with E-state index in [1.54, 1.807) is 0 Å². The summed E-state index contributed by atoms with van der Waals surface area (Å²) in [5.74, 6) is 0.231. The summed E-state index contributed by atoms with van der Waals surface area (Å²) in [6.45, 7) is 2.15. The fraction of sp³-hybridized carbons (Fsp3) is 0.208. The number of carbonyl (C=O) groups excluding carboxylic acids is 1. The van der Waals surface area contributed by atoms with E-state index in [1.807, 2.05) is 73.1 Å². The predicted molar refractivity (Wildman–Crippen MR) is 137 cm³/mol. The Morgan fingerprint density at radius 2 is 1.77 bits per heavy atom. The molecule has 3 N–H and O–H groups in total. The molecular weight excluding hydrogens is 466 g/mol. The highest BCUT2D eigenvalue weighted by Gasteiger charge is 2.22. The Kier molecular flexibility index (Phi) is 6.87. The molecule has 4 rings (SSSR count). The first-order valence-electron chi connectivity index (χ1n) is 10.8. The maximum atomic E-state index is 13.0. The van der Waals surface area contributed by atoms with E-state index in [0.717, 1.165) is 16.7 Å². The summed E-state index contributed by atoms with van der Waals surface area (Å²) in [4.78, 5) is 41.4. The molecule has 0 unspecified atom stereocenters. The Hall–Kier alpha value is -4.12. The number of rotatable bonds is 7. The van der Waals surface area contributed by atoms with Crippen LogP contribution < -0.4 is 21.9 Å². The smallest absolute Gasteiger partial charge is 0.330 e. The molecule has 4 aromatic rings. The number of aryl methyl sites for hydroxylation is 1. The lowest BCUT2D eigenvalue weighted by Crippen LogP contribution is -2.40. The van der Waals surface area contributed by atoms with Crippen molar-refractivity contribution in [2.75, 3.05) is 23.4 Å². The van der Waals surface area contributed by atoms with Crippen molar-refractivity contribution in [1.29, 1.82) is 0 Å². The molecule has 1 amide bonds. The summed E-state index contributed by atoms with van der Waals surface area (Å²) in [6.07, 6.45) is 0. The molecule has 0 aliphatic carbocycles. The summed E-state index contributed by atoms with van der Waals surface area (Å²) in [7, 11) is 3.29. The lowest BCUT2D eigenvalue weighted by atomic mass is 10.1. The monoisotopic (exact) mass is 491 g/mol. The van der Waals surface area contributed by atoms with Crippen molar-refractivity contribution >= 4 is 29.2 Å². The van der Waals surface area contributed by atoms with Crippen molar-refractivity contribution < 1.29 is 4.79 Å². The van der Waals surface area contributed by atoms with Crippen LogP contribution in [0.15, 0.2) is 69.3 Å². The highest BCUT2D eigenvalue weighted by molar-refractivity contribution is 7.99. The Labute approximate surface area is 205 Å². The minimum absolute atomic E-state index is 0.00701. The van der Waals surface area contributed by atoms with Gasteiger partial charge in [-0.15, -0.1) is 10.2 Å². The van der Waals surface area contributed by atoms with E-state index in [4.69, 9.17) is 5.73 Å². The second-order valence-corrected chi connectivity index (χ2v) is 8.93. The number of aromatic nitrogens is 5. The molecule has 0 saturated carbocycles. The number of nitrogens with one attached hydrogen (secondary N) is 1. The minimum Gasteiger partial charge on any atom is -0.383 e. The number of amides is 1. The van der Waals surface area contributed by atoms with E-state index in [2.05, 4.69) is 15.2 Å². The molecular formula is C24H25N7O3S. The zero-order chi connectivity index (χ0) is 25.1. The average molecular weight is 492 g/mol. The molecule has 0 aliphatic rings. The zero-order valence-electron chi connectivity index (χ0n) is 19.6. The van der Waals surface area contributed by atoms with Gasteiger partial charge in [-0.1, -0.05) is 66.4 Å². The zero-order valence-corrected chi connectivity index (χ0v) is 20.4. The third-order valence-corrected chi connectivity index (χ3v) is 6.66. The van der Waals surface area contributed by atoms with Crippen LogP contribution in [0.3, 0.4) is 0 Å². The lowest BCUT2D eigenvalue weighted by Gasteiger charge is -2.20. The number of hydrogen-bond donors (Lipinski definition) is 2. The van der Waals surface area contributed by atoms with Gasteiger partial charge in [-0.25, -0.2) is 4.79 Å². The molecule has 0 spiro atoms. The first kappa shape index (κ1) is 24.0. The van der Waals surface area contributed by atoms with Gasteiger partial charge in [0.2, 0.25) is 5.91 Å². The second-order valence-electron chi connectivity index (χ2n) is 7.99. The normalized spacial score (nSPS) is 10.9. The molecule has 0 atom stereocenters. The maximum absolute atomic E-state index is 13.0. The summed E-state index contributed by atoms with van der Waals surface area (Å²) in [5, 5.41) is 9.04. The number of nitrogen functional groups attached to an aromatic ring is 1. The topological polar surface area (TPSA) is 132 Å². The first-order chi connectivity index (χ1) is 16.8. The number of thioether (sulfide) groups is 1. The van der Waals surface area contributed by atoms with Crippen LogP contribution in [0.25, 0.3) is 11.4 Å². The molecule has 0 aliphatic heterocycles. The van der Waals surface area contributed by atoms with Crippen molar-refractivity contribution in [2.45, 2.75) is 18.6 Å². The highest BCUT2D eigenvalue weighted by Crippen LogP contribution is 2.25. The Balaban J connectivity index is 1.54. The summed E-state index contributed by atoms with van der Waals surface area (Å²) in [5.41, 5.74) is 7.61. The van der Waals surface area contributed by atoms with Crippen molar-refractivity contribution in [1.82, 2.24) is 24.3 Å². The van der Waals surface area contributed by atoms with Crippen molar-refractivity contribution in [3.05, 3.63) is 86.6 Å². The number of anilines is 2. The van der Waals surface area contributed by atoms with Gasteiger partial charge in [0.1, 0.15) is 5.82 Å². The molecule has 0 radical (unpaired) electrons. The summed E-state index contributed by atoms with van der Waals surface area (Å²) < 4.78 is 3.06. The van der Waals surface area contributed by atoms with Gasteiger partial charge in [0.25, 0.3) is 5.56 Å². The van der Waals surface area contributed by atoms with Gasteiger partial charge < -0.3 is 15.2 Å². The van der Waals surface area contributed by atoms with E-state index in [9.17, 15) is 14.4 Å². The Morgan fingerprint density at radius 3 is 2.49 bits per heavy atom. The predicted octanol–water partition coefficient (Wildman–Crippen LogP) is 2.03. The molecule has 11 heteroatoms. The minimum atomic E-state index is -0.724. The number of nitrogens with zero attached hydrogens (tertiary/aromatic N) is 5. The standard InChI is InChI=1S/C24H25N7O3S/c1-15-9-7-8-12-17(15)21-27-28-24(30(21)3)35-14-18(32)29(2)19-20(25)31(23(34)26-22(19)33)13-16-10-5-4-6-11-16/h4-12H,13-14,25H2,1-3H3,(H,26,33,34). The number of benzene rings is 2. The first-order valence-corrected chi connectivity index (χ1v) is 11.8. The fourth-order valence-corrected chi connectivity index (χ4v) is 4.50. The molecule has 0 fully saturated rings. The van der Waals surface area contributed by atoms with E-state index in [1.165, 1.54) is 28.3 Å². The van der Waals surface area contributed by atoms with Crippen LogP contribution >= 0.6 is 11.8 Å². The number of nitrogens with two attached hydrogens (primary N) is 1. The van der Waals surface area contributed by atoms with Crippen molar-refractivity contribution in [3.63, 3.8) is 0 Å². The van der Waals surface area contributed by atoms with Crippen LogP contribution in [0.1, 0.15) is 11.1 Å². The quantitative estimate of drug-likeness (QED) is 0.378. The van der Waals surface area contributed by atoms with Crippen LogP contribution in [0.5, 0.6) is 0 Å². The Bertz CT molecular complexity index is 1490. The molecule has 0 saturated heterocycles. The van der Waals surface area contributed by atoms with Gasteiger partial charge in [-0.05, 0) is 18.1 Å². The molecule has 35 heavy (non-hydrogen) atoms. The van der Waals surface area contributed by atoms with Crippen LogP contribution in [-0.4, -0.2) is 43.0 Å². The van der Waals surface area contributed by atoms with Crippen LogP contribution in [0, 0.1) is 6.92 Å². The van der Waals surface area contributed by atoms with E-state index >= 15 is 0 Å². The number of H-pyrrole nitrogens is 1. The number of hydrogen-bond acceptors (Lipinski definition) is 7. The van der Waals surface area contributed by atoms with Gasteiger partial charge in [0.15, 0.2) is 16.7 Å². The molecule has 180 valence electrons. The SMILES string of the molecule is Cc1ccccc1-c1nnc(SCC(=O)N(C)c2c(N)n(Cc3ccccc3)c(=O)[nH]c2=O)n1C. The van der Waals surface area contributed by atoms with Crippen molar-refractivity contribution in [3.8, 4) is 11.4 Å². The largest absolute Gasteiger partial charge is 0.383 e. The number of aromatic amines is 1. The highest BCUT2D eigenvalue weighted by atomic mass is 32.2. The van der Waals surface area contributed by atoms with Crippen LogP contribution in [0.4, 0.5) is 11.5 Å². The molecule has 2 aromatic carbocycles. The van der Waals surface area contributed by atoms with Gasteiger partial charge in [0, 0.05) is 19.7 Å². The average Bonchev–Trinajstić information content (AvgIpc) is 3.20. The lowest BCUT2D eigenvalue weighted by molar-refractivity contribution is -0.115. The number of carbonyl (C=O) groups is 1. The fourth-order valence-electron chi connectivity index (χ4n) is 3.67.